The molecule has 0 fully saturated rings. The average Bonchev–Trinajstić information content (AvgIpc) is 2.91. The SMILES string of the molecule is CCS(=O)(=O)N1CCCn2c(nc(Cn3cncn3)cc2=O)C1. The van der Waals surface area contributed by atoms with Gasteiger partial charge in [-0.25, -0.2) is 23.1 Å². The van der Waals surface area contributed by atoms with Crippen LogP contribution in [0.15, 0.2) is 23.5 Å². The first-order valence-corrected chi connectivity index (χ1v) is 9.00. The van der Waals surface area contributed by atoms with Crippen molar-refractivity contribution in [1.82, 2.24) is 28.6 Å². The van der Waals surface area contributed by atoms with Gasteiger partial charge in [-0.15, -0.1) is 0 Å². The molecule has 0 saturated heterocycles. The van der Waals surface area contributed by atoms with E-state index in [4.69, 9.17) is 0 Å². The van der Waals surface area contributed by atoms with Gasteiger partial charge in [-0.3, -0.25) is 9.36 Å². The van der Waals surface area contributed by atoms with Crippen LogP contribution in [0.3, 0.4) is 0 Å². The summed E-state index contributed by atoms with van der Waals surface area (Å²) in [6.07, 6.45) is 3.54. The third-order valence-corrected chi connectivity index (χ3v) is 5.62. The van der Waals surface area contributed by atoms with Crippen LogP contribution < -0.4 is 5.56 Å². The fourth-order valence-electron chi connectivity index (χ4n) is 2.59. The second-order valence-corrected chi connectivity index (χ2v) is 7.59. The van der Waals surface area contributed by atoms with Crippen molar-refractivity contribution in [2.24, 2.45) is 0 Å². The summed E-state index contributed by atoms with van der Waals surface area (Å²) in [7, 11) is -3.31. The fraction of sp³-hybridized carbons (Fsp3) is 0.538. The van der Waals surface area contributed by atoms with Crippen molar-refractivity contribution in [3.05, 3.63) is 40.6 Å². The van der Waals surface area contributed by atoms with E-state index in [9.17, 15) is 13.2 Å². The number of nitrogens with zero attached hydrogens (tertiary/aromatic N) is 6. The van der Waals surface area contributed by atoms with E-state index < -0.39 is 10.0 Å². The van der Waals surface area contributed by atoms with Crippen molar-refractivity contribution < 1.29 is 8.42 Å². The molecule has 3 rings (SSSR count). The van der Waals surface area contributed by atoms with Crippen LogP contribution in [0.5, 0.6) is 0 Å². The van der Waals surface area contributed by atoms with Crippen LogP contribution in [0.4, 0.5) is 0 Å². The first-order valence-electron chi connectivity index (χ1n) is 7.39. The molecule has 0 bridgehead atoms. The molecule has 9 nitrogen and oxygen atoms in total. The highest BCUT2D eigenvalue weighted by atomic mass is 32.2. The molecule has 2 aromatic heterocycles. The van der Waals surface area contributed by atoms with Crippen molar-refractivity contribution in [2.45, 2.75) is 33.0 Å². The molecule has 1 aliphatic heterocycles. The molecule has 0 spiro atoms. The molecular weight excluding hydrogens is 320 g/mol. The summed E-state index contributed by atoms with van der Waals surface area (Å²) in [6, 6.07) is 1.47. The minimum absolute atomic E-state index is 0.0376. The number of hydrogen-bond donors (Lipinski definition) is 0. The zero-order valence-corrected chi connectivity index (χ0v) is 13.6. The zero-order chi connectivity index (χ0) is 16.4. The molecule has 2 aromatic rings. The number of rotatable bonds is 4. The van der Waals surface area contributed by atoms with E-state index in [1.54, 1.807) is 22.5 Å². The van der Waals surface area contributed by atoms with Crippen LogP contribution >= 0.6 is 0 Å². The van der Waals surface area contributed by atoms with Gasteiger partial charge >= 0.3 is 0 Å². The summed E-state index contributed by atoms with van der Waals surface area (Å²) in [5.41, 5.74) is 0.378. The molecule has 0 saturated carbocycles. The van der Waals surface area contributed by atoms with Gasteiger partial charge in [0, 0.05) is 19.2 Å². The second kappa shape index (κ2) is 6.20. The van der Waals surface area contributed by atoms with Gasteiger partial charge in [-0.1, -0.05) is 0 Å². The smallest absolute Gasteiger partial charge is 0.253 e. The Labute approximate surface area is 133 Å². The van der Waals surface area contributed by atoms with Crippen LogP contribution in [0.2, 0.25) is 0 Å². The van der Waals surface area contributed by atoms with Gasteiger partial charge in [-0.2, -0.15) is 9.40 Å². The Kier molecular flexibility index (Phi) is 4.26. The minimum Gasteiger partial charge on any atom is -0.295 e. The topological polar surface area (TPSA) is 103 Å². The molecule has 124 valence electrons. The van der Waals surface area contributed by atoms with E-state index in [1.807, 2.05) is 0 Å². The molecule has 0 N–H and O–H groups in total. The van der Waals surface area contributed by atoms with Crippen LogP contribution in [0.25, 0.3) is 0 Å². The molecular formula is C13H18N6O3S. The van der Waals surface area contributed by atoms with E-state index in [2.05, 4.69) is 15.1 Å². The van der Waals surface area contributed by atoms with Gasteiger partial charge in [-0.05, 0) is 13.3 Å². The largest absolute Gasteiger partial charge is 0.295 e. The van der Waals surface area contributed by atoms with Gasteiger partial charge in [0.2, 0.25) is 10.0 Å². The van der Waals surface area contributed by atoms with E-state index >= 15 is 0 Å². The summed E-state index contributed by atoms with van der Waals surface area (Å²) >= 11 is 0. The van der Waals surface area contributed by atoms with Crippen molar-refractivity contribution >= 4 is 10.0 Å². The lowest BCUT2D eigenvalue weighted by atomic mass is 10.3. The minimum atomic E-state index is -3.31. The predicted molar refractivity (Wildman–Crippen MR) is 82.1 cm³/mol. The summed E-state index contributed by atoms with van der Waals surface area (Å²) in [5, 5.41) is 3.99. The van der Waals surface area contributed by atoms with Crippen molar-refractivity contribution in [3.63, 3.8) is 0 Å². The van der Waals surface area contributed by atoms with Crippen molar-refractivity contribution in [3.8, 4) is 0 Å². The van der Waals surface area contributed by atoms with Crippen LogP contribution in [-0.4, -0.2) is 49.3 Å². The Hall–Kier alpha value is -2.07. The lowest BCUT2D eigenvalue weighted by molar-refractivity contribution is 0.407. The third-order valence-electron chi connectivity index (χ3n) is 3.80. The van der Waals surface area contributed by atoms with Crippen LogP contribution in [0, 0.1) is 0 Å². The molecule has 0 aliphatic carbocycles. The Morgan fingerprint density at radius 1 is 1.30 bits per heavy atom. The highest BCUT2D eigenvalue weighted by Gasteiger charge is 2.25. The van der Waals surface area contributed by atoms with Gasteiger partial charge in [0.25, 0.3) is 5.56 Å². The molecule has 0 amide bonds. The second-order valence-electron chi connectivity index (χ2n) is 5.33. The summed E-state index contributed by atoms with van der Waals surface area (Å²) in [6.45, 7) is 2.93. The Bertz CT molecular complexity index is 843. The first-order chi connectivity index (χ1) is 11.0. The van der Waals surface area contributed by atoms with E-state index in [1.165, 1.54) is 16.7 Å². The lowest BCUT2D eigenvalue weighted by Gasteiger charge is -2.18. The van der Waals surface area contributed by atoms with Crippen molar-refractivity contribution in [2.75, 3.05) is 12.3 Å². The van der Waals surface area contributed by atoms with Gasteiger partial charge in [0.05, 0.1) is 24.5 Å². The standard InChI is InChI=1S/C13H18N6O3S/c1-2-23(21,22)18-4-3-5-19-12(8-18)16-11(6-13(19)20)7-17-10-14-9-15-17/h6,9-10H,2-5,7-8H2,1H3. The lowest BCUT2D eigenvalue weighted by Crippen LogP contribution is -2.33. The third kappa shape index (κ3) is 3.32. The maximum Gasteiger partial charge on any atom is 0.253 e. The molecule has 23 heavy (non-hydrogen) atoms. The number of fused-ring (bicyclic) bond motifs is 1. The van der Waals surface area contributed by atoms with Gasteiger partial charge < -0.3 is 0 Å². The number of aromatic nitrogens is 5. The summed E-state index contributed by atoms with van der Waals surface area (Å²) in [5.74, 6) is 0.512. The van der Waals surface area contributed by atoms with Crippen molar-refractivity contribution in [1.29, 1.82) is 0 Å². The van der Waals surface area contributed by atoms with Gasteiger partial charge in [0.15, 0.2) is 0 Å². The van der Waals surface area contributed by atoms with E-state index in [0.717, 1.165) is 0 Å². The van der Waals surface area contributed by atoms with Crippen LogP contribution in [-0.2, 0) is 29.7 Å². The molecule has 0 radical (unpaired) electrons. The number of hydrogen-bond acceptors (Lipinski definition) is 6. The first kappa shape index (κ1) is 15.8. The molecule has 10 heteroatoms. The van der Waals surface area contributed by atoms with Crippen LogP contribution in [0.1, 0.15) is 24.9 Å². The molecule has 0 atom stereocenters. The average molecular weight is 338 g/mol. The Morgan fingerprint density at radius 2 is 2.13 bits per heavy atom. The maximum atomic E-state index is 12.3. The monoisotopic (exact) mass is 338 g/mol. The quantitative estimate of drug-likeness (QED) is 0.740. The Balaban J connectivity index is 1.96. The van der Waals surface area contributed by atoms with Gasteiger partial charge in [0.1, 0.15) is 18.5 Å². The highest BCUT2D eigenvalue weighted by Crippen LogP contribution is 2.13. The fourth-order valence-corrected chi connectivity index (χ4v) is 3.67. The maximum absolute atomic E-state index is 12.3. The Morgan fingerprint density at radius 3 is 2.83 bits per heavy atom. The molecule has 1 aliphatic rings. The zero-order valence-electron chi connectivity index (χ0n) is 12.8. The summed E-state index contributed by atoms with van der Waals surface area (Å²) in [4.78, 5) is 20.6. The highest BCUT2D eigenvalue weighted by molar-refractivity contribution is 7.89. The van der Waals surface area contributed by atoms with E-state index in [-0.39, 0.29) is 17.9 Å². The predicted octanol–water partition coefficient (Wildman–Crippen LogP) is -0.561. The summed E-state index contributed by atoms with van der Waals surface area (Å²) < 4.78 is 28.8. The number of sulfonamides is 1. The normalized spacial score (nSPS) is 16.0. The molecule has 0 unspecified atom stereocenters. The molecule has 0 aromatic carbocycles. The molecule has 3 heterocycles. The van der Waals surface area contributed by atoms with E-state index in [0.29, 0.717) is 37.6 Å².